The fourth-order valence-corrected chi connectivity index (χ4v) is 6.04. The highest BCUT2D eigenvalue weighted by Crippen LogP contribution is 2.65. The van der Waals surface area contributed by atoms with Crippen molar-refractivity contribution < 1.29 is 4.79 Å². The Morgan fingerprint density at radius 1 is 1.33 bits per heavy atom. The molecule has 5 rings (SSSR count). The van der Waals surface area contributed by atoms with E-state index < -0.39 is 0 Å². The van der Waals surface area contributed by atoms with E-state index in [1.54, 1.807) is 6.20 Å². The molecule has 4 fully saturated rings. The smallest absolute Gasteiger partial charge is 0.231 e. The molecule has 1 amide bonds. The van der Waals surface area contributed by atoms with Crippen LogP contribution in [0.25, 0.3) is 0 Å². The van der Waals surface area contributed by atoms with Crippen LogP contribution in [-0.4, -0.2) is 10.9 Å². The molecule has 4 saturated carbocycles. The summed E-state index contributed by atoms with van der Waals surface area (Å²) in [6, 6.07) is 3.75. The average molecular weight is 349 g/mol. The van der Waals surface area contributed by atoms with Gasteiger partial charge in [-0.2, -0.15) is 0 Å². The van der Waals surface area contributed by atoms with Gasteiger partial charge in [0.15, 0.2) is 0 Å². The van der Waals surface area contributed by atoms with Gasteiger partial charge in [0.05, 0.1) is 5.41 Å². The molecule has 4 heteroatoms. The maximum absolute atomic E-state index is 13.0. The minimum Gasteiger partial charge on any atom is -0.310 e. The van der Waals surface area contributed by atoms with Crippen molar-refractivity contribution in [1.82, 2.24) is 4.98 Å². The lowest BCUT2D eigenvalue weighted by Gasteiger charge is -2.60. The summed E-state index contributed by atoms with van der Waals surface area (Å²) in [4.78, 5) is 17.2. The third kappa shape index (κ3) is 2.32. The first kappa shape index (κ1) is 13.7. The van der Waals surface area contributed by atoms with E-state index in [4.69, 9.17) is 0 Å². The number of nitrogens with one attached hydrogen (secondary N) is 1. The topological polar surface area (TPSA) is 42.0 Å². The van der Waals surface area contributed by atoms with Crippen LogP contribution in [0.5, 0.6) is 0 Å². The zero-order valence-electron chi connectivity index (χ0n) is 12.4. The Labute approximate surface area is 134 Å². The fourth-order valence-electron chi connectivity index (χ4n) is 5.71. The molecule has 4 aliphatic rings. The van der Waals surface area contributed by atoms with Crippen molar-refractivity contribution in [3.63, 3.8) is 0 Å². The van der Waals surface area contributed by atoms with Crippen molar-refractivity contribution in [1.29, 1.82) is 0 Å². The van der Waals surface area contributed by atoms with Crippen molar-refractivity contribution in [3.8, 4) is 0 Å². The van der Waals surface area contributed by atoms with E-state index in [9.17, 15) is 4.79 Å². The van der Waals surface area contributed by atoms with Crippen LogP contribution in [0.15, 0.2) is 22.8 Å². The Morgan fingerprint density at radius 2 is 2.05 bits per heavy atom. The molecule has 0 saturated heterocycles. The van der Waals surface area contributed by atoms with Gasteiger partial charge in [-0.05, 0) is 67.9 Å². The van der Waals surface area contributed by atoms with Crippen LogP contribution in [0.4, 0.5) is 5.82 Å². The predicted octanol–water partition coefficient (Wildman–Crippen LogP) is 4.39. The highest BCUT2D eigenvalue weighted by molar-refractivity contribution is 9.10. The molecular weight excluding hydrogens is 328 g/mol. The molecule has 4 aliphatic carbocycles. The van der Waals surface area contributed by atoms with Gasteiger partial charge in [-0.1, -0.05) is 22.9 Å². The number of hydrogen-bond donors (Lipinski definition) is 1. The molecule has 0 spiro atoms. The summed E-state index contributed by atoms with van der Waals surface area (Å²) in [5.41, 5.74) is 0.259. The van der Waals surface area contributed by atoms with Crippen LogP contribution >= 0.6 is 15.9 Å². The predicted molar refractivity (Wildman–Crippen MR) is 85.8 cm³/mol. The maximum Gasteiger partial charge on any atom is 0.231 e. The van der Waals surface area contributed by atoms with E-state index in [2.05, 4.69) is 33.2 Å². The Bertz CT molecular complexity index is 586. The standard InChI is InChI=1S/C17H21BrN2O/c1-16-6-11-4-12(7-16)9-17(8-11,10-16)15(21)20-14-5-13(18)2-3-19-14/h2-3,5,11-12H,4,6-10H2,1H3,(H,19,20,21). The quantitative estimate of drug-likeness (QED) is 0.860. The van der Waals surface area contributed by atoms with Crippen LogP contribution in [0, 0.1) is 22.7 Å². The zero-order chi connectivity index (χ0) is 14.7. The SMILES string of the molecule is CC12CC3CC(C1)CC(C(=O)Nc1cc(Br)ccn1)(C3)C2. The molecule has 1 aromatic heterocycles. The third-order valence-corrected chi connectivity index (χ3v) is 6.29. The van der Waals surface area contributed by atoms with Crippen LogP contribution in [0.1, 0.15) is 45.4 Å². The summed E-state index contributed by atoms with van der Waals surface area (Å²) in [7, 11) is 0. The lowest BCUT2D eigenvalue weighted by atomic mass is 9.44. The number of nitrogens with zero attached hydrogens (tertiary/aromatic N) is 1. The summed E-state index contributed by atoms with van der Waals surface area (Å²) < 4.78 is 0.949. The van der Waals surface area contributed by atoms with E-state index in [1.807, 2.05) is 12.1 Å². The van der Waals surface area contributed by atoms with Gasteiger partial charge in [0, 0.05) is 10.7 Å². The normalized spacial score (nSPS) is 40.3. The van der Waals surface area contributed by atoms with E-state index >= 15 is 0 Å². The molecule has 3 nitrogen and oxygen atoms in total. The van der Waals surface area contributed by atoms with E-state index in [-0.39, 0.29) is 11.3 Å². The lowest BCUT2D eigenvalue weighted by Crippen LogP contribution is -2.55. The van der Waals surface area contributed by atoms with Gasteiger partial charge in [0.25, 0.3) is 0 Å². The maximum atomic E-state index is 13.0. The molecule has 0 aliphatic heterocycles. The van der Waals surface area contributed by atoms with E-state index in [0.717, 1.165) is 35.6 Å². The fraction of sp³-hybridized carbons (Fsp3) is 0.647. The van der Waals surface area contributed by atoms with E-state index in [0.29, 0.717) is 11.2 Å². The van der Waals surface area contributed by atoms with Gasteiger partial charge in [-0.25, -0.2) is 4.98 Å². The third-order valence-electron chi connectivity index (χ3n) is 5.80. The van der Waals surface area contributed by atoms with E-state index in [1.165, 1.54) is 19.3 Å². The van der Waals surface area contributed by atoms with Gasteiger partial charge in [-0.3, -0.25) is 4.79 Å². The number of anilines is 1. The first-order chi connectivity index (χ1) is 9.96. The molecule has 2 atom stereocenters. The average Bonchev–Trinajstić information content (AvgIpc) is 2.35. The number of aromatic nitrogens is 1. The largest absolute Gasteiger partial charge is 0.310 e. The number of carbonyl (C=O) groups is 1. The van der Waals surface area contributed by atoms with Gasteiger partial charge in [-0.15, -0.1) is 0 Å². The molecule has 0 radical (unpaired) electrons. The van der Waals surface area contributed by atoms with Crippen LogP contribution < -0.4 is 5.32 Å². The van der Waals surface area contributed by atoms with Crippen molar-refractivity contribution in [3.05, 3.63) is 22.8 Å². The van der Waals surface area contributed by atoms with Crippen LogP contribution in [-0.2, 0) is 4.79 Å². The minimum atomic E-state index is -0.136. The molecule has 112 valence electrons. The molecule has 1 aromatic rings. The molecule has 0 aromatic carbocycles. The van der Waals surface area contributed by atoms with Gasteiger partial charge in [0.1, 0.15) is 5.82 Å². The zero-order valence-corrected chi connectivity index (χ0v) is 13.9. The number of rotatable bonds is 2. The Kier molecular flexibility index (Phi) is 2.97. The molecule has 4 bridgehead atoms. The molecule has 1 heterocycles. The number of pyridine rings is 1. The summed E-state index contributed by atoms with van der Waals surface area (Å²) >= 11 is 3.43. The molecule has 1 N–H and O–H groups in total. The van der Waals surface area contributed by atoms with Crippen molar-refractivity contribution in [2.75, 3.05) is 5.32 Å². The Balaban J connectivity index is 1.59. The lowest BCUT2D eigenvalue weighted by molar-refractivity contribution is -0.149. The summed E-state index contributed by atoms with van der Waals surface area (Å²) in [6.07, 6.45) is 8.95. The second-order valence-corrected chi connectivity index (χ2v) is 8.78. The second-order valence-electron chi connectivity index (χ2n) is 7.87. The number of amides is 1. The Hall–Kier alpha value is -0.900. The van der Waals surface area contributed by atoms with Gasteiger partial charge < -0.3 is 5.32 Å². The van der Waals surface area contributed by atoms with Crippen molar-refractivity contribution in [2.45, 2.75) is 45.4 Å². The summed E-state index contributed by atoms with van der Waals surface area (Å²) in [6.45, 7) is 2.39. The first-order valence-corrected chi connectivity index (χ1v) is 8.69. The van der Waals surface area contributed by atoms with Crippen LogP contribution in [0.3, 0.4) is 0 Å². The molecule has 21 heavy (non-hydrogen) atoms. The summed E-state index contributed by atoms with van der Waals surface area (Å²) in [5.74, 6) is 2.39. The van der Waals surface area contributed by atoms with Crippen LogP contribution in [0.2, 0.25) is 0 Å². The van der Waals surface area contributed by atoms with Crippen molar-refractivity contribution in [2.24, 2.45) is 22.7 Å². The first-order valence-electron chi connectivity index (χ1n) is 7.90. The Morgan fingerprint density at radius 3 is 2.67 bits per heavy atom. The second kappa shape index (κ2) is 4.55. The molecular formula is C17H21BrN2O. The van der Waals surface area contributed by atoms with Gasteiger partial charge in [0.2, 0.25) is 5.91 Å². The number of halogens is 1. The number of hydrogen-bond acceptors (Lipinski definition) is 2. The van der Waals surface area contributed by atoms with Crippen molar-refractivity contribution >= 4 is 27.7 Å². The minimum absolute atomic E-state index is 0.136. The highest BCUT2D eigenvalue weighted by atomic mass is 79.9. The summed E-state index contributed by atoms with van der Waals surface area (Å²) in [5, 5.41) is 3.08. The highest BCUT2D eigenvalue weighted by Gasteiger charge is 2.58. The monoisotopic (exact) mass is 348 g/mol. The molecule has 2 unspecified atom stereocenters. The number of carbonyl (C=O) groups excluding carboxylic acids is 1. The van der Waals surface area contributed by atoms with Gasteiger partial charge >= 0.3 is 0 Å².